The molecule has 0 radical (unpaired) electrons. The van der Waals surface area contributed by atoms with E-state index in [2.05, 4.69) is 25.2 Å². The fraction of sp³-hybridized carbons (Fsp3) is 0.643. The summed E-state index contributed by atoms with van der Waals surface area (Å²) in [6, 6.07) is 4.09. The minimum Gasteiger partial charge on any atom is -0.388 e. The molecule has 0 bridgehead atoms. The number of carbonyl (C=O) groups is 1. The van der Waals surface area contributed by atoms with Gasteiger partial charge in [-0.1, -0.05) is 19.9 Å². The average Bonchev–Trinajstić information content (AvgIpc) is 2.78. The third kappa shape index (κ3) is 7.60. The molecule has 1 amide bonds. The van der Waals surface area contributed by atoms with Gasteiger partial charge in [-0.05, 0) is 30.7 Å². The number of thioether (sulfide) groups is 1. The van der Waals surface area contributed by atoms with Crippen LogP contribution in [0.25, 0.3) is 0 Å². The summed E-state index contributed by atoms with van der Waals surface area (Å²) in [6.07, 6.45) is 0.690. The summed E-state index contributed by atoms with van der Waals surface area (Å²) in [5.74, 6) is 1.72. The second-order valence-electron chi connectivity index (χ2n) is 5.44. The Kier molecular flexibility index (Phi) is 6.89. The topological polar surface area (TPSA) is 49.3 Å². The maximum Gasteiger partial charge on any atom is 0.230 e. The molecule has 2 N–H and O–H groups in total. The van der Waals surface area contributed by atoms with Crippen LogP contribution in [0.5, 0.6) is 0 Å². The molecule has 19 heavy (non-hydrogen) atoms. The Morgan fingerprint density at radius 1 is 1.58 bits per heavy atom. The highest BCUT2D eigenvalue weighted by Crippen LogP contribution is 2.17. The fourth-order valence-corrected chi connectivity index (χ4v) is 3.63. The molecule has 1 heterocycles. The van der Waals surface area contributed by atoms with Crippen LogP contribution in [0.2, 0.25) is 0 Å². The van der Waals surface area contributed by atoms with Crippen LogP contribution in [0.1, 0.15) is 32.1 Å². The SMILES string of the molecule is CC(C)CC(C)(O)CNC(=O)CSCc1cccs1. The van der Waals surface area contributed by atoms with E-state index in [1.54, 1.807) is 30.0 Å². The molecule has 1 aromatic rings. The number of rotatable bonds is 8. The van der Waals surface area contributed by atoms with Gasteiger partial charge < -0.3 is 10.4 Å². The molecule has 1 rings (SSSR count). The van der Waals surface area contributed by atoms with Gasteiger partial charge in [-0.15, -0.1) is 23.1 Å². The van der Waals surface area contributed by atoms with Crippen molar-refractivity contribution in [2.24, 2.45) is 5.92 Å². The summed E-state index contributed by atoms with van der Waals surface area (Å²) in [5.41, 5.74) is -0.817. The lowest BCUT2D eigenvalue weighted by molar-refractivity contribution is -0.119. The standard InChI is InChI=1S/C14H23NO2S2/c1-11(2)7-14(3,17)10-15-13(16)9-18-8-12-5-4-6-19-12/h4-6,11,17H,7-10H2,1-3H3,(H,15,16). The van der Waals surface area contributed by atoms with Crippen molar-refractivity contribution in [3.63, 3.8) is 0 Å². The van der Waals surface area contributed by atoms with Crippen molar-refractivity contribution in [2.45, 2.75) is 38.5 Å². The van der Waals surface area contributed by atoms with Crippen LogP contribution in [0.4, 0.5) is 0 Å². The highest BCUT2D eigenvalue weighted by molar-refractivity contribution is 7.99. The molecule has 0 aliphatic heterocycles. The van der Waals surface area contributed by atoms with Gasteiger partial charge >= 0.3 is 0 Å². The summed E-state index contributed by atoms with van der Waals surface area (Å²) in [6.45, 7) is 6.22. The molecule has 1 atom stereocenters. The first-order chi connectivity index (χ1) is 8.89. The molecular weight excluding hydrogens is 278 g/mol. The highest BCUT2D eigenvalue weighted by atomic mass is 32.2. The van der Waals surface area contributed by atoms with Gasteiger partial charge in [-0.2, -0.15) is 0 Å². The van der Waals surface area contributed by atoms with Crippen LogP contribution < -0.4 is 5.32 Å². The van der Waals surface area contributed by atoms with Gasteiger partial charge in [0.2, 0.25) is 5.91 Å². The zero-order valence-corrected chi connectivity index (χ0v) is 13.4. The van der Waals surface area contributed by atoms with Crippen molar-refractivity contribution in [2.75, 3.05) is 12.3 Å². The first-order valence-electron chi connectivity index (χ1n) is 6.48. The normalized spacial score (nSPS) is 14.4. The van der Waals surface area contributed by atoms with Crippen molar-refractivity contribution in [1.82, 2.24) is 5.32 Å². The number of carbonyl (C=O) groups excluding carboxylic acids is 1. The van der Waals surface area contributed by atoms with Crippen LogP contribution in [-0.4, -0.2) is 28.9 Å². The summed E-state index contributed by atoms with van der Waals surface area (Å²) in [7, 11) is 0. The number of aliphatic hydroxyl groups is 1. The van der Waals surface area contributed by atoms with Crippen LogP contribution in [0, 0.1) is 5.92 Å². The van der Waals surface area contributed by atoms with Crippen LogP contribution in [0.3, 0.4) is 0 Å². The van der Waals surface area contributed by atoms with Crippen molar-refractivity contribution in [3.05, 3.63) is 22.4 Å². The molecule has 0 saturated carbocycles. The quantitative estimate of drug-likeness (QED) is 0.776. The Labute approximate surface area is 123 Å². The Hall–Kier alpha value is -0.520. The lowest BCUT2D eigenvalue weighted by Crippen LogP contribution is -2.42. The Morgan fingerprint density at radius 3 is 2.89 bits per heavy atom. The molecule has 1 unspecified atom stereocenters. The molecule has 108 valence electrons. The molecule has 0 saturated heterocycles. The zero-order chi connectivity index (χ0) is 14.3. The Morgan fingerprint density at radius 2 is 2.32 bits per heavy atom. The van der Waals surface area contributed by atoms with Gasteiger partial charge in [0.1, 0.15) is 0 Å². The van der Waals surface area contributed by atoms with Gasteiger partial charge in [0.05, 0.1) is 11.4 Å². The third-order valence-electron chi connectivity index (χ3n) is 2.57. The van der Waals surface area contributed by atoms with E-state index in [0.29, 0.717) is 24.6 Å². The van der Waals surface area contributed by atoms with Crippen molar-refractivity contribution in [1.29, 1.82) is 0 Å². The fourth-order valence-electron chi connectivity index (χ4n) is 1.93. The second-order valence-corrected chi connectivity index (χ2v) is 7.46. The van der Waals surface area contributed by atoms with E-state index in [1.807, 2.05) is 11.4 Å². The van der Waals surface area contributed by atoms with Crippen molar-refractivity contribution >= 4 is 29.0 Å². The number of hydrogen-bond acceptors (Lipinski definition) is 4. The number of thiophene rings is 1. The van der Waals surface area contributed by atoms with Crippen LogP contribution in [-0.2, 0) is 10.5 Å². The Bertz CT molecular complexity index is 375. The smallest absolute Gasteiger partial charge is 0.230 e. The van der Waals surface area contributed by atoms with Crippen molar-refractivity contribution in [3.8, 4) is 0 Å². The van der Waals surface area contributed by atoms with Crippen molar-refractivity contribution < 1.29 is 9.90 Å². The second kappa shape index (κ2) is 7.92. The molecule has 5 heteroatoms. The van der Waals surface area contributed by atoms with Gasteiger partial charge in [-0.25, -0.2) is 0 Å². The average molecular weight is 301 g/mol. The number of amides is 1. The van der Waals surface area contributed by atoms with E-state index in [-0.39, 0.29) is 5.91 Å². The first kappa shape index (κ1) is 16.5. The zero-order valence-electron chi connectivity index (χ0n) is 11.8. The lowest BCUT2D eigenvalue weighted by Gasteiger charge is -2.25. The minimum absolute atomic E-state index is 0.00872. The molecular formula is C14H23NO2S2. The minimum atomic E-state index is -0.817. The first-order valence-corrected chi connectivity index (χ1v) is 8.52. The summed E-state index contributed by atoms with van der Waals surface area (Å²) < 4.78 is 0. The predicted molar refractivity (Wildman–Crippen MR) is 83.6 cm³/mol. The largest absolute Gasteiger partial charge is 0.388 e. The van der Waals surface area contributed by atoms with Crippen LogP contribution in [0.15, 0.2) is 17.5 Å². The van der Waals surface area contributed by atoms with E-state index < -0.39 is 5.60 Å². The van der Waals surface area contributed by atoms with E-state index in [1.165, 1.54) is 4.88 Å². The third-order valence-corrected chi connectivity index (χ3v) is 4.61. The van der Waals surface area contributed by atoms with Gasteiger partial charge in [0.15, 0.2) is 0 Å². The predicted octanol–water partition coefficient (Wildman–Crippen LogP) is 2.89. The number of hydrogen-bond donors (Lipinski definition) is 2. The molecule has 0 fully saturated rings. The summed E-state index contributed by atoms with van der Waals surface area (Å²) in [5, 5.41) is 14.9. The molecule has 3 nitrogen and oxygen atoms in total. The summed E-state index contributed by atoms with van der Waals surface area (Å²) in [4.78, 5) is 12.9. The van der Waals surface area contributed by atoms with E-state index in [4.69, 9.17) is 0 Å². The summed E-state index contributed by atoms with van der Waals surface area (Å²) >= 11 is 3.31. The van der Waals surface area contributed by atoms with E-state index in [0.717, 1.165) is 5.75 Å². The number of nitrogens with one attached hydrogen (secondary N) is 1. The van der Waals surface area contributed by atoms with Gasteiger partial charge in [0.25, 0.3) is 0 Å². The maximum atomic E-state index is 11.7. The Balaban J connectivity index is 2.17. The van der Waals surface area contributed by atoms with Crippen LogP contribution >= 0.6 is 23.1 Å². The molecule has 0 aliphatic rings. The monoisotopic (exact) mass is 301 g/mol. The molecule has 0 aliphatic carbocycles. The van der Waals surface area contributed by atoms with E-state index >= 15 is 0 Å². The molecule has 1 aromatic heterocycles. The highest BCUT2D eigenvalue weighted by Gasteiger charge is 2.22. The molecule has 0 aromatic carbocycles. The van der Waals surface area contributed by atoms with Gasteiger partial charge in [0, 0.05) is 17.2 Å². The van der Waals surface area contributed by atoms with Gasteiger partial charge in [-0.3, -0.25) is 4.79 Å². The molecule has 0 spiro atoms. The maximum absolute atomic E-state index is 11.7. The lowest BCUT2D eigenvalue weighted by atomic mass is 9.94. The van der Waals surface area contributed by atoms with E-state index in [9.17, 15) is 9.90 Å².